The van der Waals surface area contributed by atoms with Gasteiger partial charge in [-0.1, -0.05) is 42.1 Å². The maximum absolute atomic E-state index is 12.6. The Kier molecular flexibility index (Phi) is 4.15. The lowest BCUT2D eigenvalue weighted by atomic mass is 9.95. The number of hydrogen-bond donors (Lipinski definition) is 0. The number of allylic oxidation sites excluding steroid dienone is 4. The van der Waals surface area contributed by atoms with E-state index in [4.69, 9.17) is 0 Å². The predicted molar refractivity (Wildman–Crippen MR) is 93.1 cm³/mol. The molecule has 122 valence electrons. The third-order valence-electron chi connectivity index (χ3n) is 3.90. The highest BCUT2D eigenvalue weighted by Gasteiger charge is 2.40. The van der Waals surface area contributed by atoms with E-state index in [0.717, 1.165) is 25.2 Å². The second-order valence-corrected chi connectivity index (χ2v) is 6.56. The summed E-state index contributed by atoms with van der Waals surface area (Å²) >= 11 is 1.58. The van der Waals surface area contributed by atoms with Crippen LogP contribution in [0.4, 0.5) is 4.79 Å². The number of urea groups is 1. The van der Waals surface area contributed by atoms with Crippen molar-refractivity contribution in [2.45, 2.75) is 11.8 Å². The maximum atomic E-state index is 12.6. The van der Waals surface area contributed by atoms with Crippen LogP contribution in [0.2, 0.25) is 0 Å². The molecule has 2 aliphatic heterocycles. The van der Waals surface area contributed by atoms with E-state index in [0.29, 0.717) is 5.57 Å². The van der Waals surface area contributed by atoms with Crippen LogP contribution in [-0.4, -0.2) is 41.7 Å². The highest BCUT2D eigenvalue weighted by atomic mass is 32.2. The summed E-state index contributed by atoms with van der Waals surface area (Å²) in [5.41, 5.74) is 1.40. The molecule has 24 heavy (non-hydrogen) atoms. The average molecular weight is 340 g/mol. The fraction of sp³-hybridized carbons (Fsp3) is 0.167. The third-order valence-corrected chi connectivity index (χ3v) is 4.97. The van der Waals surface area contributed by atoms with E-state index in [1.807, 2.05) is 49.4 Å². The smallest absolute Gasteiger partial charge is 0.268 e. The number of hydrogen-bond acceptors (Lipinski definition) is 4. The number of thioether (sulfide) groups is 1. The summed E-state index contributed by atoms with van der Waals surface area (Å²) in [6, 6.07) is 6.99. The van der Waals surface area contributed by atoms with Gasteiger partial charge in [0.25, 0.3) is 11.8 Å². The number of amides is 4. The number of likely N-dealkylation sites (N-methyl/N-ethyl adjacent to an activating group) is 2. The predicted octanol–water partition coefficient (Wildman–Crippen LogP) is 3.06. The lowest BCUT2D eigenvalue weighted by Crippen LogP contribution is -2.53. The van der Waals surface area contributed by atoms with Crippen LogP contribution in [0, 0.1) is 0 Å². The minimum Gasteiger partial charge on any atom is -0.268 e. The molecule has 0 aromatic heterocycles. The monoisotopic (exact) mass is 340 g/mol. The van der Waals surface area contributed by atoms with Gasteiger partial charge in [-0.15, -0.1) is 0 Å². The Morgan fingerprint density at radius 3 is 2.25 bits per heavy atom. The number of carbonyl (C=O) groups is 3. The number of fused-ring (bicyclic) bond motifs is 1. The lowest BCUT2D eigenvalue weighted by molar-refractivity contribution is -0.134. The highest BCUT2D eigenvalue weighted by molar-refractivity contribution is 8.03. The van der Waals surface area contributed by atoms with Gasteiger partial charge in [-0.2, -0.15) is 0 Å². The van der Waals surface area contributed by atoms with Gasteiger partial charge in [0.05, 0.1) is 0 Å². The van der Waals surface area contributed by atoms with Crippen molar-refractivity contribution in [1.82, 2.24) is 9.80 Å². The first-order valence-electron chi connectivity index (χ1n) is 7.41. The summed E-state index contributed by atoms with van der Waals surface area (Å²) in [5, 5.41) is 0. The van der Waals surface area contributed by atoms with Crippen molar-refractivity contribution >= 4 is 35.2 Å². The molecule has 1 aromatic carbocycles. The molecule has 1 saturated heterocycles. The minimum absolute atomic E-state index is 0.0225. The fourth-order valence-corrected chi connectivity index (χ4v) is 3.73. The molecule has 4 amide bonds. The van der Waals surface area contributed by atoms with Crippen molar-refractivity contribution in [2.75, 3.05) is 14.1 Å². The first kappa shape index (κ1) is 16.3. The molecule has 6 heteroatoms. The quantitative estimate of drug-likeness (QED) is 0.582. The van der Waals surface area contributed by atoms with E-state index in [-0.39, 0.29) is 5.57 Å². The molecule has 0 atom stereocenters. The minimum atomic E-state index is -0.620. The fourth-order valence-electron chi connectivity index (χ4n) is 2.66. The van der Waals surface area contributed by atoms with Gasteiger partial charge >= 0.3 is 6.03 Å². The van der Waals surface area contributed by atoms with Crippen LogP contribution in [0.25, 0.3) is 5.57 Å². The van der Waals surface area contributed by atoms with Crippen LogP contribution < -0.4 is 0 Å². The Bertz CT molecular complexity index is 826. The van der Waals surface area contributed by atoms with E-state index < -0.39 is 17.8 Å². The second-order valence-electron chi connectivity index (χ2n) is 5.44. The first-order chi connectivity index (χ1) is 11.5. The highest BCUT2D eigenvalue weighted by Crippen LogP contribution is 2.42. The number of rotatable bonds is 1. The number of benzene rings is 1. The molecule has 2 aliphatic rings. The molecule has 0 saturated carbocycles. The lowest BCUT2D eigenvalue weighted by Gasteiger charge is -2.31. The molecule has 2 heterocycles. The molecule has 0 bridgehead atoms. The van der Waals surface area contributed by atoms with Crippen LogP contribution in [0.15, 0.2) is 57.9 Å². The number of nitrogens with zero attached hydrogens (tertiary/aromatic N) is 2. The van der Waals surface area contributed by atoms with E-state index in [9.17, 15) is 14.4 Å². The molecular weight excluding hydrogens is 324 g/mol. The first-order valence-corrected chi connectivity index (χ1v) is 8.23. The van der Waals surface area contributed by atoms with Crippen LogP contribution in [0.5, 0.6) is 0 Å². The van der Waals surface area contributed by atoms with Gasteiger partial charge in [0.1, 0.15) is 5.57 Å². The summed E-state index contributed by atoms with van der Waals surface area (Å²) in [7, 11) is 2.77. The van der Waals surface area contributed by atoms with Crippen molar-refractivity contribution in [2.24, 2.45) is 0 Å². The normalized spacial score (nSPS) is 18.5. The Balaban J connectivity index is 2.28. The van der Waals surface area contributed by atoms with Crippen molar-refractivity contribution in [1.29, 1.82) is 0 Å². The zero-order valence-electron chi connectivity index (χ0n) is 13.6. The molecule has 0 aliphatic carbocycles. The van der Waals surface area contributed by atoms with E-state index in [1.54, 1.807) is 11.8 Å². The van der Waals surface area contributed by atoms with Crippen molar-refractivity contribution in [3.05, 3.63) is 58.5 Å². The number of carbonyl (C=O) groups excluding carboxylic acids is 3. The molecule has 0 N–H and O–H groups in total. The van der Waals surface area contributed by atoms with E-state index >= 15 is 0 Å². The summed E-state index contributed by atoms with van der Waals surface area (Å²) in [6.45, 7) is 1.91. The molecule has 3 rings (SSSR count). The largest absolute Gasteiger partial charge is 0.333 e. The van der Waals surface area contributed by atoms with Crippen LogP contribution >= 0.6 is 11.8 Å². The molecule has 0 unspecified atom stereocenters. The van der Waals surface area contributed by atoms with Crippen LogP contribution in [-0.2, 0) is 9.59 Å². The van der Waals surface area contributed by atoms with Crippen molar-refractivity contribution in [3.63, 3.8) is 0 Å². The molecule has 1 aromatic rings. The molecular formula is C18H16N2O3S. The van der Waals surface area contributed by atoms with Gasteiger partial charge in [0, 0.05) is 29.5 Å². The maximum Gasteiger partial charge on any atom is 0.333 e. The number of imide groups is 2. The van der Waals surface area contributed by atoms with Crippen LogP contribution in [0.3, 0.4) is 0 Å². The van der Waals surface area contributed by atoms with Gasteiger partial charge < -0.3 is 0 Å². The number of barbiturate groups is 1. The summed E-state index contributed by atoms with van der Waals surface area (Å²) in [4.78, 5) is 41.0. The Hall–Kier alpha value is -2.60. The molecule has 0 spiro atoms. The molecule has 0 radical (unpaired) electrons. The Labute approximate surface area is 144 Å². The van der Waals surface area contributed by atoms with Crippen molar-refractivity contribution in [3.8, 4) is 0 Å². The topological polar surface area (TPSA) is 57.7 Å². The zero-order chi connectivity index (χ0) is 17.4. The average Bonchev–Trinajstić information content (AvgIpc) is 2.58. The van der Waals surface area contributed by atoms with E-state index in [1.165, 1.54) is 14.1 Å². The molecule has 5 nitrogen and oxygen atoms in total. The summed E-state index contributed by atoms with van der Waals surface area (Å²) in [6.07, 6.45) is 5.66. The Morgan fingerprint density at radius 2 is 1.62 bits per heavy atom. The third kappa shape index (κ3) is 2.49. The van der Waals surface area contributed by atoms with Crippen LogP contribution in [0.1, 0.15) is 12.5 Å². The van der Waals surface area contributed by atoms with Gasteiger partial charge in [-0.25, -0.2) is 4.79 Å². The van der Waals surface area contributed by atoms with Gasteiger partial charge in [-0.05, 0) is 24.6 Å². The van der Waals surface area contributed by atoms with E-state index in [2.05, 4.69) is 0 Å². The standard InChI is InChI=1S/C18H16N2O3S/c1-4-7-11-10-13(12-8-5-6-9-14(12)24-11)15-16(21)19(2)18(23)20(3)17(15)22/h4-10H,1-3H3/b7-4+. The van der Waals surface area contributed by atoms with Gasteiger partial charge in [0.15, 0.2) is 0 Å². The van der Waals surface area contributed by atoms with Crippen molar-refractivity contribution < 1.29 is 14.4 Å². The molecule has 1 fully saturated rings. The zero-order valence-corrected chi connectivity index (χ0v) is 14.4. The second kappa shape index (κ2) is 6.13. The Morgan fingerprint density at radius 1 is 1.00 bits per heavy atom. The SMILES string of the molecule is C/C=C/C1=CC(=C2C(=O)N(C)C(=O)N(C)C2=O)c2ccccc2S1. The van der Waals surface area contributed by atoms with Gasteiger partial charge in [0.2, 0.25) is 0 Å². The summed E-state index contributed by atoms with van der Waals surface area (Å²) < 4.78 is 0. The summed E-state index contributed by atoms with van der Waals surface area (Å²) in [5.74, 6) is -1.15. The van der Waals surface area contributed by atoms with Gasteiger partial charge in [-0.3, -0.25) is 19.4 Å².